The van der Waals surface area contributed by atoms with Crippen LogP contribution in [0.3, 0.4) is 0 Å². The molecule has 116 valence electrons. The van der Waals surface area contributed by atoms with Gasteiger partial charge in [0.05, 0.1) is 13.2 Å². The van der Waals surface area contributed by atoms with Gasteiger partial charge in [-0.25, -0.2) is 0 Å². The van der Waals surface area contributed by atoms with Gasteiger partial charge >= 0.3 is 0 Å². The van der Waals surface area contributed by atoms with Crippen molar-refractivity contribution in [3.8, 4) is 0 Å². The average molecular weight is 283 g/mol. The van der Waals surface area contributed by atoms with Crippen molar-refractivity contribution in [2.75, 3.05) is 32.8 Å². The molecule has 3 N–H and O–H groups in total. The van der Waals surface area contributed by atoms with Gasteiger partial charge < -0.3 is 15.7 Å². The lowest BCUT2D eigenvalue weighted by Gasteiger charge is -2.36. The van der Waals surface area contributed by atoms with Crippen molar-refractivity contribution in [3.05, 3.63) is 0 Å². The molecule has 2 rings (SSSR count). The van der Waals surface area contributed by atoms with E-state index < -0.39 is 0 Å². The Hall–Kier alpha value is -0.650. The lowest BCUT2D eigenvalue weighted by molar-refractivity contribution is -0.136. The van der Waals surface area contributed by atoms with Gasteiger partial charge in [-0.05, 0) is 25.7 Å². The van der Waals surface area contributed by atoms with E-state index in [1.807, 2.05) is 4.90 Å². The molecule has 0 unspecified atom stereocenters. The SMILES string of the molecule is NC1CCN(CC(=O)N(CCO)C2CCCCC2)CC1. The number of hydrogen-bond donors (Lipinski definition) is 2. The molecule has 5 nitrogen and oxygen atoms in total. The van der Waals surface area contributed by atoms with Gasteiger partial charge in [0.1, 0.15) is 0 Å². The Kier molecular flexibility index (Phi) is 6.26. The van der Waals surface area contributed by atoms with Crippen molar-refractivity contribution < 1.29 is 9.90 Å². The minimum absolute atomic E-state index is 0.0626. The van der Waals surface area contributed by atoms with Gasteiger partial charge in [0, 0.05) is 31.7 Å². The molecule has 1 heterocycles. The number of nitrogens with zero attached hydrogens (tertiary/aromatic N) is 2. The smallest absolute Gasteiger partial charge is 0.237 e. The van der Waals surface area contributed by atoms with Crippen LogP contribution in [0.25, 0.3) is 0 Å². The number of nitrogens with two attached hydrogens (primary N) is 1. The molecule has 0 aromatic heterocycles. The number of aliphatic hydroxyl groups is 1. The first-order valence-corrected chi connectivity index (χ1v) is 8.09. The summed E-state index contributed by atoms with van der Waals surface area (Å²) in [5.41, 5.74) is 5.90. The van der Waals surface area contributed by atoms with E-state index in [0.717, 1.165) is 38.8 Å². The third-order valence-electron chi connectivity index (χ3n) is 4.67. The van der Waals surface area contributed by atoms with Crippen LogP contribution in [-0.4, -0.2) is 65.7 Å². The van der Waals surface area contributed by atoms with E-state index in [1.54, 1.807) is 0 Å². The summed E-state index contributed by atoms with van der Waals surface area (Å²) in [6.45, 7) is 2.88. The summed E-state index contributed by atoms with van der Waals surface area (Å²) < 4.78 is 0. The Morgan fingerprint density at radius 2 is 1.80 bits per heavy atom. The van der Waals surface area contributed by atoms with Crippen molar-refractivity contribution >= 4 is 5.91 Å². The fourth-order valence-electron chi connectivity index (χ4n) is 3.40. The monoisotopic (exact) mass is 283 g/mol. The van der Waals surface area contributed by atoms with Crippen LogP contribution in [0.5, 0.6) is 0 Å². The fourth-order valence-corrected chi connectivity index (χ4v) is 3.40. The summed E-state index contributed by atoms with van der Waals surface area (Å²) in [6, 6.07) is 0.642. The number of likely N-dealkylation sites (tertiary alicyclic amines) is 1. The topological polar surface area (TPSA) is 69.8 Å². The molecule has 5 heteroatoms. The molecule has 1 saturated heterocycles. The molecule has 1 aliphatic heterocycles. The molecule has 1 saturated carbocycles. The Labute approximate surface area is 122 Å². The minimum atomic E-state index is 0.0626. The van der Waals surface area contributed by atoms with Gasteiger partial charge in [0.2, 0.25) is 5.91 Å². The maximum atomic E-state index is 12.5. The number of piperidine rings is 1. The zero-order chi connectivity index (χ0) is 14.4. The van der Waals surface area contributed by atoms with E-state index in [0.29, 0.717) is 25.2 Å². The summed E-state index contributed by atoms with van der Waals surface area (Å²) in [5, 5.41) is 9.23. The van der Waals surface area contributed by atoms with E-state index in [1.165, 1.54) is 19.3 Å². The van der Waals surface area contributed by atoms with Gasteiger partial charge in [-0.3, -0.25) is 9.69 Å². The van der Waals surface area contributed by atoms with Crippen molar-refractivity contribution in [1.82, 2.24) is 9.80 Å². The first-order valence-electron chi connectivity index (χ1n) is 8.09. The molecule has 2 aliphatic rings. The van der Waals surface area contributed by atoms with Crippen molar-refractivity contribution in [1.29, 1.82) is 0 Å². The summed E-state index contributed by atoms with van der Waals surface area (Å²) in [7, 11) is 0. The van der Waals surface area contributed by atoms with Gasteiger partial charge in [-0.15, -0.1) is 0 Å². The average Bonchev–Trinajstić information content (AvgIpc) is 2.48. The Morgan fingerprint density at radius 1 is 1.15 bits per heavy atom. The number of aliphatic hydroxyl groups excluding tert-OH is 1. The molecule has 1 amide bonds. The predicted molar refractivity (Wildman–Crippen MR) is 79.3 cm³/mol. The maximum absolute atomic E-state index is 12.5. The zero-order valence-corrected chi connectivity index (χ0v) is 12.5. The van der Waals surface area contributed by atoms with Gasteiger partial charge in [0.15, 0.2) is 0 Å². The van der Waals surface area contributed by atoms with Crippen LogP contribution >= 0.6 is 0 Å². The molecule has 0 bridgehead atoms. The number of hydrogen-bond acceptors (Lipinski definition) is 4. The molecule has 0 spiro atoms. The molecular weight excluding hydrogens is 254 g/mol. The van der Waals surface area contributed by atoms with E-state index >= 15 is 0 Å². The summed E-state index contributed by atoms with van der Waals surface area (Å²) in [6.07, 6.45) is 7.85. The highest BCUT2D eigenvalue weighted by Gasteiger charge is 2.27. The Balaban J connectivity index is 1.85. The second-order valence-corrected chi connectivity index (χ2v) is 6.22. The highest BCUT2D eigenvalue weighted by molar-refractivity contribution is 5.78. The van der Waals surface area contributed by atoms with Crippen LogP contribution in [-0.2, 0) is 4.79 Å². The minimum Gasteiger partial charge on any atom is -0.395 e. The molecule has 0 aromatic rings. The zero-order valence-electron chi connectivity index (χ0n) is 12.5. The fraction of sp³-hybridized carbons (Fsp3) is 0.933. The molecule has 2 fully saturated rings. The highest BCUT2D eigenvalue weighted by Crippen LogP contribution is 2.23. The van der Waals surface area contributed by atoms with Crippen LogP contribution in [0.2, 0.25) is 0 Å². The third kappa shape index (κ3) is 4.43. The molecule has 0 atom stereocenters. The van der Waals surface area contributed by atoms with Crippen molar-refractivity contribution in [2.24, 2.45) is 5.73 Å². The number of carbonyl (C=O) groups excluding carboxylic acids is 1. The second kappa shape index (κ2) is 7.96. The quantitative estimate of drug-likeness (QED) is 0.773. The molecular formula is C15H29N3O2. The molecule has 0 aromatic carbocycles. The summed E-state index contributed by atoms with van der Waals surface area (Å²) in [4.78, 5) is 16.7. The standard InChI is InChI=1S/C15H29N3O2/c16-13-6-8-17(9-7-13)12-15(20)18(10-11-19)14-4-2-1-3-5-14/h13-14,19H,1-12,16H2. The van der Waals surface area contributed by atoms with Crippen LogP contribution in [0, 0.1) is 0 Å². The van der Waals surface area contributed by atoms with E-state index in [9.17, 15) is 9.90 Å². The largest absolute Gasteiger partial charge is 0.395 e. The molecule has 0 radical (unpaired) electrons. The van der Waals surface area contributed by atoms with Crippen LogP contribution in [0.1, 0.15) is 44.9 Å². The van der Waals surface area contributed by atoms with E-state index in [2.05, 4.69) is 4.90 Å². The maximum Gasteiger partial charge on any atom is 0.237 e. The number of carbonyl (C=O) groups is 1. The van der Waals surface area contributed by atoms with Crippen LogP contribution in [0.15, 0.2) is 0 Å². The normalized spacial score (nSPS) is 22.9. The van der Waals surface area contributed by atoms with Crippen molar-refractivity contribution in [3.63, 3.8) is 0 Å². The predicted octanol–water partition coefficient (Wildman–Crippen LogP) is 0.563. The Morgan fingerprint density at radius 3 is 2.40 bits per heavy atom. The Bertz CT molecular complexity index is 297. The van der Waals surface area contributed by atoms with Gasteiger partial charge in [0.25, 0.3) is 0 Å². The second-order valence-electron chi connectivity index (χ2n) is 6.22. The lowest BCUT2D eigenvalue weighted by Crippen LogP contribution is -2.49. The molecule has 20 heavy (non-hydrogen) atoms. The first kappa shape index (κ1) is 15.7. The van der Waals surface area contributed by atoms with Crippen LogP contribution < -0.4 is 5.73 Å². The summed E-state index contributed by atoms with van der Waals surface area (Å²) in [5.74, 6) is 0.182. The van der Waals surface area contributed by atoms with E-state index in [4.69, 9.17) is 5.73 Å². The van der Waals surface area contributed by atoms with Gasteiger partial charge in [-0.2, -0.15) is 0 Å². The highest BCUT2D eigenvalue weighted by atomic mass is 16.3. The van der Waals surface area contributed by atoms with Crippen molar-refractivity contribution in [2.45, 2.75) is 57.0 Å². The molecule has 1 aliphatic carbocycles. The lowest BCUT2D eigenvalue weighted by atomic mass is 9.94. The van der Waals surface area contributed by atoms with E-state index in [-0.39, 0.29) is 12.5 Å². The van der Waals surface area contributed by atoms with Gasteiger partial charge in [-0.1, -0.05) is 19.3 Å². The third-order valence-corrected chi connectivity index (χ3v) is 4.67. The summed E-state index contributed by atoms with van der Waals surface area (Å²) >= 11 is 0. The first-order chi connectivity index (χ1) is 9.70. The van der Waals surface area contributed by atoms with Crippen LogP contribution in [0.4, 0.5) is 0 Å². The number of amides is 1. The number of rotatable bonds is 5.